The van der Waals surface area contributed by atoms with Gasteiger partial charge in [-0.15, -0.1) is 0 Å². The fraction of sp³-hybridized carbons (Fsp3) is 0.933. The number of nitrogens with one attached hydrogen (secondary N) is 1. The van der Waals surface area contributed by atoms with Crippen LogP contribution in [-0.2, 0) is 4.79 Å². The second kappa shape index (κ2) is 12.0. The molecular weight excluding hydrogens is 274 g/mol. The Morgan fingerprint density at radius 1 is 1.11 bits per heavy atom. The van der Waals surface area contributed by atoms with Crippen molar-refractivity contribution in [3.63, 3.8) is 0 Å². The molecule has 19 heavy (non-hydrogen) atoms. The van der Waals surface area contributed by atoms with Crippen LogP contribution in [0.5, 0.6) is 0 Å². The molecule has 0 aromatic carbocycles. The van der Waals surface area contributed by atoms with Crippen LogP contribution in [-0.4, -0.2) is 24.0 Å². The Kier molecular flexibility index (Phi) is 12.1. The lowest BCUT2D eigenvalue weighted by Crippen LogP contribution is -2.26. The maximum Gasteiger partial charge on any atom is 0.220 e. The number of hydrogen-bond acceptors (Lipinski definition) is 3. The van der Waals surface area contributed by atoms with E-state index in [9.17, 15) is 4.79 Å². The Balaban J connectivity index is 0. The Labute approximate surface area is 129 Å². The van der Waals surface area contributed by atoms with Gasteiger partial charge >= 0.3 is 0 Å². The van der Waals surface area contributed by atoms with Crippen molar-refractivity contribution in [3.05, 3.63) is 0 Å². The summed E-state index contributed by atoms with van der Waals surface area (Å²) in [7, 11) is 3.82. The second-order valence-electron chi connectivity index (χ2n) is 6.12. The molecule has 0 aliphatic rings. The van der Waals surface area contributed by atoms with Crippen molar-refractivity contribution in [2.24, 2.45) is 5.41 Å². The Hall–Kier alpha value is 0.170. The number of rotatable bonds is 11. The molecule has 0 aliphatic heterocycles. The number of unbranched alkanes of at least 4 members (excludes halogenated alkanes) is 3. The van der Waals surface area contributed by atoms with Crippen LogP contribution in [0.3, 0.4) is 0 Å². The van der Waals surface area contributed by atoms with Crippen LogP contribution < -0.4 is 5.32 Å². The highest BCUT2D eigenvalue weighted by Crippen LogP contribution is 2.22. The van der Waals surface area contributed by atoms with Crippen LogP contribution in [0.25, 0.3) is 0 Å². The van der Waals surface area contributed by atoms with E-state index in [4.69, 9.17) is 0 Å². The highest BCUT2D eigenvalue weighted by atomic mass is 33.1. The fourth-order valence-corrected chi connectivity index (χ4v) is 3.57. The highest BCUT2D eigenvalue weighted by molar-refractivity contribution is 8.76. The summed E-state index contributed by atoms with van der Waals surface area (Å²) < 4.78 is 0. The van der Waals surface area contributed by atoms with Crippen molar-refractivity contribution in [2.75, 3.05) is 18.1 Å². The zero-order chi connectivity index (χ0) is 14.6. The number of carbonyl (C=O) groups excluding carboxylic acids is 1. The van der Waals surface area contributed by atoms with Crippen LogP contribution in [0.2, 0.25) is 0 Å². The van der Waals surface area contributed by atoms with Gasteiger partial charge < -0.3 is 5.32 Å². The maximum atomic E-state index is 11.6. The zero-order valence-electron chi connectivity index (χ0n) is 13.1. The van der Waals surface area contributed by atoms with Crippen molar-refractivity contribution in [2.45, 2.75) is 66.2 Å². The summed E-state index contributed by atoms with van der Waals surface area (Å²) in [4.78, 5) is 11.6. The molecule has 0 aliphatic carbocycles. The van der Waals surface area contributed by atoms with Gasteiger partial charge in [-0.05, 0) is 18.3 Å². The van der Waals surface area contributed by atoms with E-state index in [2.05, 4.69) is 33.0 Å². The van der Waals surface area contributed by atoms with Crippen LogP contribution in [0.1, 0.15) is 67.6 Å². The summed E-state index contributed by atoms with van der Waals surface area (Å²) in [5, 5.41) is 2.99. The molecule has 116 valence electrons. The summed E-state index contributed by atoms with van der Waals surface area (Å²) in [5.74, 6) is 2.45. The van der Waals surface area contributed by atoms with Crippen LogP contribution in [0, 0.1) is 5.41 Å². The topological polar surface area (TPSA) is 29.1 Å². The monoisotopic (exact) mass is 307 g/mol. The van der Waals surface area contributed by atoms with Gasteiger partial charge in [0.25, 0.3) is 0 Å². The third kappa shape index (κ3) is 16.1. The highest BCUT2D eigenvalue weighted by Gasteiger charge is 2.12. The molecule has 1 N–H and O–H groups in total. The molecule has 0 fully saturated rings. The molecule has 0 bridgehead atoms. The summed E-state index contributed by atoms with van der Waals surface area (Å²) in [5.41, 5.74) is 0.250. The average Bonchev–Trinajstić information content (AvgIpc) is 2.33. The lowest BCUT2D eigenvalue weighted by molar-refractivity contribution is -0.121. The number of carbonyl (C=O) groups is 1. The first-order chi connectivity index (χ1) is 8.95. The van der Waals surface area contributed by atoms with E-state index >= 15 is 0 Å². The molecule has 0 aromatic heterocycles. The SMILES string of the molecule is CCCCCCSSCCNC(=O)CCC(C)(C)C.[HH]. The Morgan fingerprint density at radius 3 is 2.42 bits per heavy atom. The van der Waals surface area contributed by atoms with E-state index in [1.807, 2.05) is 21.6 Å². The molecule has 0 rings (SSSR count). The number of hydrogen-bond donors (Lipinski definition) is 1. The van der Waals surface area contributed by atoms with Crippen molar-refractivity contribution in [3.8, 4) is 0 Å². The first kappa shape index (κ1) is 19.2. The van der Waals surface area contributed by atoms with Gasteiger partial charge in [0.15, 0.2) is 0 Å². The standard InChI is InChI=1S/C15H31NOS2.H2/c1-5-6-7-8-12-18-19-13-11-16-14(17)9-10-15(2,3)4;/h5-13H2,1-4H3,(H,16,17);1H. The minimum absolute atomic E-state index is 0. The van der Waals surface area contributed by atoms with Gasteiger partial charge in [0.05, 0.1) is 0 Å². The third-order valence-corrected chi connectivity index (χ3v) is 5.27. The molecule has 0 atom stereocenters. The largest absolute Gasteiger partial charge is 0.355 e. The lowest BCUT2D eigenvalue weighted by atomic mass is 9.90. The molecule has 0 saturated heterocycles. The first-order valence-electron chi connectivity index (χ1n) is 7.47. The average molecular weight is 308 g/mol. The van der Waals surface area contributed by atoms with Crippen LogP contribution in [0.15, 0.2) is 0 Å². The van der Waals surface area contributed by atoms with E-state index in [0.29, 0.717) is 6.42 Å². The predicted octanol–water partition coefficient (Wildman–Crippen LogP) is 5.14. The van der Waals surface area contributed by atoms with E-state index < -0.39 is 0 Å². The van der Waals surface area contributed by atoms with Gasteiger partial charge in [0.2, 0.25) is 5.91 Å². The van der Waals surface area contributed by atoms with Crippen LogP contribution in [0.4, 0.5) is 0 Å². The minimum Gasteiger partial charge on any atom is -0.355 e. The van der Waals surface area contributed by atoms with Crippen molar-refractivity contribution < 1.29 is 6.22 Å². The molecule has 0 spiro atoms. The zero-order valence-corrected chi connectivity index (χ0v) is 14.7. The second-order valence-corrected chi connectivity index (χ2v) is 8.82. The summed E-state index contributed by atoms with van der Waals surface area (Å²) in [6.07, 6.45) is 6.95. The molecule has 0 radical (unpaired) electrons. The summed E-state index contributed by atoms with van der Waals surface area (Å²) >= 11 is 0. The van der Waals surface area contributed by atoms with Crippen molar-refractivity contribution >= 4 is 27.5 Å². The molecule has 0 saturated carbocycles. The predicted molar refractivity (Wildman–Crippen MR) is 92.9 cm³/mol. The fourth-order valence-electron chi connectivity index (χ4n) is 1.51. The Morgan fingerprint density at radius 2 is 1.79 bits per heavy atom. The molecule has 1 amide bonds. The van der Waals surface area contributed by atoms with Gasteiger partial charge in [0, 0.05) is 25.9 Å². The summed E-state index contributed by atoms with van der Waals surface area (Å²) in [6, 6.07) is 0. The third-order valence-electron chi connectivity index (χ3n) is 2.77. The van der Waals surface area contributed by atoms with Gasteiger partial charge in [0.1, 0.15) is 0 Å². The van der Waals surface area contributed by atoms with Crippen molar-refractivity contribution in [1.82, 2.24) is 5.32 Å². The molecule has 4 heteroatoms. The van der Waals surface area contributed by atoms with Gasteiger partial charge in [-0.1, -0.05) is 68.5 Å². The van der Waals surface area contributed by atoms with Crippen molar-refractivity contribution in [1.29, 1.82) is 0 Å². The van der Waals surface area contributed by atoms with Gasteiger partial charge in [-0.2, -0.15) is 0 Å². The van der Waals surface area contributed by atoms with E-state index in [-0.39, 0.29) is 12.7 Å². The molecule has 0 heterocycles. The molecular formula is C15H33NOS2. The molecule has 2 nitrogen and oxygen atoms in total. The van der Waals surface area contributed by atoms with E-state index in [1.54, 1.807) is 0 Å². The van der Waals surface area contributed by atoms with Crippen LogP contribution >= 0.6 is 21.6 Å². The number of amides is 1. The Bertz CT molecular complexity index is 232. The normalized spacial score (nSPS) is 11.6. The van der Waals surface area contributed by atoms with E-state index in [1.165, 1.54) is 31.4 Å². The lowest BCUT2D eigenvalue weighted by Gasteiger charge is -2.17. The quantitative estimate of drug-likeness (QED) is 0.423. The first-order valence-corrected chi connectivity index (χ1v) is 9.95. The van der Waals surface area contributed by atoms with Gasteiger partial charge in [-0.3, -0.25) is 4.79 Å². The van der Waals surface area contributed by atoms with Gasteiger partial charge in [-0.25, -0.2) is 0 Å². The smallest absolute Gasteiger partial charge is 0.220 e. The van der Waals surface area contributed by atoms with E-state index in [0.717, 1.165) is 18.7 Å². The summed E-state index contributed by atoms with van der Waals surface area (Å²) in [6.45, 7) is 9.56. The maximum absolute atomic E-state index is 11.6. The molecule has 0 unspecified atom stereocenters. The minimum atomic E-state index is 0. The molecule has 0 aromatic rings.